The molecule has 1 aromatic heterocycles. The summed E-state index contributed by atoms with van der Waals surface area (Å²) in [6.07, 6.45) is 1.81. The lowest BCUT2D eigenvalue weighted by Crippen LogP contribution is -2.17. The minimum absolute atomic E-state index is 0.157. The first-order valence-electron chi connectivity index (χ1n) is 6.15. The van der Waals surface area contributed by atoms with Gasteiger partial charge in [-0.05, 0) is 24.1 Å². The molecule has 1 aromatic carbocycles. The van der Waals surface area contributed by atoms with Crippen molar-refractivity contribution in [2.45, 2.75) is 26.2 Å². The number of halogens is 1. The Balaban J connectivity index is 2.29. The van der Waals surface area contributed by atoms with Crippen molar-refractivity contribution in [2.75, 3.05) is 0 Å². The largest absolute Gasteiger partial charge is 0.493 e. The molecular weight excluding hydrogens is 308 g/mol. The van der Waals surface area contributed by atoms with E-state index in [2.05, 4.69) is 25.9 Å². The van der Waals surface area contributed by atoms with Gasteiger partial charge in [0.2, 0.25) is 5.88 Å². The maximum absolute atomic E-state index is 11.8. The third kappa shape index (κ3) is 3.44. The van der Waals surface area contributed by atoms with Crippen molar-refractivity contribution >= 4 is 15.9 Å². The Morgan fingerprint density at radius 1 is 1.42 bits per heavy atom. The Kier molecular flexibility index (Phi) is 4.37. The summed E-state index contributed by atoms with van der Waals surface area (Å²) < 4.78 is 0.971. The number of aromatic amines is 1. The molecule has 0 saturated heterocycles. The molecule has 2 rings (SSSR count). The summed E-state index contributed by atoms with van der Waals surface area (Å²) in [5.74, 6) is 0.316. The highest BCUT2D eigenvalue weighted by molar-refractivity contribution is 9.10. The van der Waals surface area contributed by atoms with Crippen LogP contribution in [0.15, 0.2) is 33.5 Å². The van der Waals surface area contributed by atoms with Crippen LogP contribution in [0.5, 0.6) is 5.88 Å². The van der Waals surface area contributed by atoms with E-state index in [1.54, 1.807) is 0 Å². The summed E-state index contributed by atoms with van der Waals surface area (Å²) >= 11 is 3.39. The van der Waals surface area contributed by atoms with E-state index in [1.807, 2.05) is 31.2 Å². The van der Waals surface area contributed by atoms with Crippen LogP contribution in [0, 0.1) is 0 Å². The van der Waals surface area contributed by atoms with Gasteiger partial charge in [0.25, 0.3) is 5.56 Å². The molecule has 4 nitrogen and oxygen atoms in total. The van der Waals surface area contributed by atoms with Crippen LogP contribution in [0.3, 0.4) is 0 Å². The molecular formula is C14H15BrN2O2. The molecule has 0 bridgehead atoms. The lowest BCUT2D eigenvalue weighted by atomic mass is 10.1. The fraction of sp³-hybridized carbons (Fsp3) is 0.286. The van der Waals surface area contributed by atoms with Crippen molar-refractivity contribution < 1.29 is 5.11 Å². The summed E-state index contributed by atoms with van der Waals surface area (Å²) in [5.41, 5.74) is 1.13. The van der Waals surface area contributed by atoms with E-state index in [4.69, 9.17) is 0 Å². The zero-order valence-electron chi connectivity index (χ0n) is 10.6. The molecule has 100 valence electrons. The molecule has 0 fully saturated rings. The summed E-state index contributed by atoms with van der Waals surface area (Å²) in [7, 11) is 0. The fourth-order valence-electron chi connectivity index (χ4n) is 1.93. The van der Waals surface area contributed by atoms with Crippen LogP contribution in [-0.2, 0) is 12.8 Å². The lowest BCUT2D eigenvalue weighted by molar-refractivity contribution is 0.439. The number of nitrogens with one attached hydrogen (secondary N) is 1. The Morgan fingerprint density at radius 3 is 2.84 bits per heavy atom. The monoisotopic (exact) mass is 322 g/mol. The minimum Gasteiger partial charge on any atom is -0.493 e. The van der Waals surface area contributed by atoms with Crippen LogP contribution >= 0.6 is 15.9 Å². The molecule has 0 aliphatic heterocycles. The first-order chi connectivity index (χ1) is 9.10. The van der Waals surface area contributed by atoms with Gasteiger partial charge >= 0.3 is 0 Å². The standard InChI is InChI=1S/C14H15BrN2O2/c1-2-4-11-13(18)16-12(17-14(11)19)8-9-5-3-6-10(15)7-9/h3,5-7H,2,4,8H2,1H3,(H2,16,17,18,19). The van der Waals surface area contributed by atoms with Crippen LogP contribution < -0.4 is 5.56 Å². The lowest BCUT2D eigenvalue weighted by Gasteiger charge is -2.05. The van der Waals surface area contributed by atoms with Crippen molar-refractivity contribution in [3.05, 3.63) is 56.0 Å². The molecule has 0 saturated carbocycles. The van der Waals surface area contributed by atoms with Crippen LogP contribution in [0.2, 0.25) is 0 Å². The number of aromatic hydroxyl groups is 1. The van der Waals surface area contributed by atoms with Crippen molar-refractivity contribution in [1.82, 2.24) is 9.97 Å². The summed E-state index contributed by atoms with van der Waals surface area (Å²) in [6, 6.07) is 7.75. The van der Waals surface area contributed by atoms with Crippen molar-refractivity contribution in [2.24, 2.45) is 0 Å². The molecule has 5 heteroatoms. The number of aromatic nitrogens is 2. The normalized spacial score (nSPS) is 10.6. The highest BCUT2D eigenvalue weighted by Gasteiger charge is 2.10. The van der Waals surface area contributed by atoms with Gasteiger partial charge in [0, 0.05) is 10.9 Å². The number of benzene rings is 1. The van der Waals surface area contributed by atoms with Crippen LogP contribution in [0.1, 0.15) is 30.3 Å². The molecule has 1 heterocycles. The molecule has 19 heavy (non-hydrogen) atoms. The van der Waals surface area contributed by atoms with E-state index >= 15 is 0 Å². The molecule has 0 amide bonds. The second kappa shape index (κ2) is 6.02. The van der Waals surface area contributed by atoms with Crippen molar-refractivity contribution in [3.63, 3.8) is 0 Å². The number of rotatable bonds is 4. The van der Waals surface area contributed by atoms with Gasteiger partial charge in [-0.1, -0.05) is 41.4 Å². The van der Waals surface area contributed by atoms with Gasteiger partial charge in [-0.25, -0.2) is 0 Å². The fourth-order valence-corrected chi connectivity index (χ4v) is 2.38. The summed E-state index contributed by atoms with van der Waals surface area (Å²) in [4.78, 5) is 18.6. The average Bonchev–Trinajstić information content (AvgIpc) is 2.34. The zero-order valence-corrected chi connectivity index (χ0v) is 12.2. The van der Waals surface area contributed by atoms with Crippen molar-refractivity contribution in [3.8, 4) is 5.88 Å². The highest BCUT2D eigenvalue weighted by atomic mass is 79.9. The first-order valence-corrected chi connectivity index (χ1v) is 6.95. The number of hydrogen-bond acceptors (Lipinski definition) is 3. The minimum atomic E-state index is -0.251. The Labute approximate surface area is 119 Å². The van der Waals surface area contributed by atoms with E-state index < -0.39 is 0 Å². The van der Waals surface area contributed by atoms with Crippen LogP contribution in [0.4, 0.5) is 0 Å². The Morgan fingerprint density at radius 2 is 2.21 bits per heavy atom. The summed E-state index contributed by atoms with van der Waals surface area (Å²) in [6.45, 7) is 1.95. The second-order valence-corrected chi connectivity index (χ2v) is 5.29. The van der Waals surface area contributed by atoms with Crippen LogP contribution in [-0.4, -0.2) is 15.1 Å². The van der Waals surface area contributed by atoms with Crippen molar-refractivity contribution in [1.29, 1.82) is 0 Å². The van der Waals surface area contributed by atoms with E-state index in [9.17, 15) is 9.90 Å². The summed E-state index contributed by atoms with van der Waals surface area (Å²) in [5, 5.41) is 9.80. The van der Waals surface area contributed by atoms with E-state index in [-0.39, 0.29) is 11.4 Å². The average molecular weight is 323 g/mol. The first kappa shape index (κ1) is 13.8. The predicted molar refractivity (Wildman–Crippen MR) is 77.5 cm³/mol. The molecule has 0 atom stereocenters. The quantitative estimate of drug-likeness (QED) is 0.909. The Bertz CT molecular complexity index is 638. The maximum Gasteiger partial charge on any atom is 0.257 e. The van der Waals surface area contributed by atoms with Gasteiger partial charge in [-0.3, -0.25) is 4.79 Å². The van der Waals surface area contributed by atoms with Crippen LogP contribution in [0.25, 0.3) is 0 Å². The second-order valence-electron chi connectivity index (χ2n) is 4.37. The highest BCUT2D eigenvalue weighted by Crippen LogP contribution is 2.15. The van der Waals surface area contributed by atoms with Gasteiger partial charge in [0.05, 0.1) is 5.56 Å². The van der Waals surface area contributed by atoms with Gasteiger partial charge in [-0.15, -0.1) is 0 Å². The number of hydrogen-bond donors (Lipinski definition) is 2. The molecule has 2 aromatic rings. The third-order valence-corrected chi connectivity index (χ3v) is 3.30. The molecule has 0 unspecified atom stereocenters. The topological polar surface area (TPSA) is 66.0 Å². The van der Waals surface area contributed by atoms with E-state index in [0.29, 0.717) is 24.2 Å². The van der Waals surface area contributed by atoms with Gasteiger partial charge in [0.1, 0.15) is 5.82 Å². The smallest absolute Gasteiger partial charge is 0.257 e. The predicted octanol–water partition coefficient (Wildman–Crippen LogP) is 2.78. The molecule has 0 aliphatic rings. The van der Waals surface area contributed by atoms with E-state index in [1.165, 1.54) is 0 Å². The molecule has 0 spiro atoms. The van der Waals surface area contributed by atoms with E-state index in [0.717, 1.165) is 16.5 Å². The van der Waals surface area contributed by atoms with Gasteiger partial charge in [-0.2, -0.15) is 4.98 Å². The molecule has 0 aliphatic carbocycles. The number of nitrogens with zero attached hydrogens (tertiary/aromatic N) is 1. The number of H-pyrrole nitrogens is 1. The zero-order chi connectivity index (χ0) is 13.8. The molecule has 0 radical (unpaired) electrons. The SMILES string of the molecule is CCCc1c(O)nc(Cc2cccc(Br)c2)[nH]c1=O. The maximum atomic E-state index is 11.8. The third-order valence-electron chi connectivity index (χ3n) is 2.80. The Hall–Kier alpha value is -1.62. The van der Waals surface area contributed by atoms with Gasteiger partial charge < -0.3 is 10.1 Å². The molecule has 2 N–H and O–H groups in total. The van der Waals surface area contributed by atoms with Gasteiger partial charge in [0.15, 0.2) is 0 Å².